The molecular formula is C25H24F4N4O4S. The van der Waals surface area contributed by atoms with Crippen LogP contribution in [0.15, 0.2) is 47.4 Å². The molecule has 2 amide bonds. The highest BCUT2D eigenvalue weighted by Gasteiger charge is 2.48. The van der Waals surface area contributed by atoms with Crippen LogP contribution < -0.4 is 15.4 Å². The van der Waals surface area contributed by atoms with Crippen molar-refractivity contribution in [1.29, 1.82) is 5.26 Å². The number of benzene rings is 2. The maximum absolute atomic E-state index is 14.5. The van der Waals surface area contributed by atoms with Crippen molar-refractivity contribution in [2.45, 2.75) is 67.5 Å². The molecular weight excluding hydrogens is 528 g/mol. The molecule has 2 aliphatic rings. The minimum absolute atomic E-state index is 0.0742. The fraction of sp³-hybridized carbons (Fsp3) is 0.400. The topological polar surface area (TPSA) is 128 Å². The summed E-state index contributed by atoms with van der Waals surface area (Å²) in [6.07, 6.45) is -4.69. The van der Waals surface area contributed by atoms with Gasteiger partial charge in [-0.15, -0.1) is 0 Å². The third kappa shape index (κ3) is 5.81. The smallest absolute Gasteiger partial charge is 0.336 e. The highest BCUT2D eigenvalue weighted by molar-refractivity contribution is 7.90. The van der Waals surface area contributed by atoms with Gasteiger partial charge in [0, 0.05) is 6.42 Å². The van der Waals surface area contributed by atoms with Crippen LogP contribution in [0.1, 0.15) is 55.1 Å². The normalized spacial score (nSPS) is 19.0. The Kier molecular flexibility index (Phi) is 6.78. The largest absolute Gasteiger partial charge is 0.407 e. The van der Waals surface area contributed by atoms with E-state index in [1.807, 2.05) is 10.8 Å². The summed E-state index contributed by atoms with van der Waals surface area (Å²) in [4.78, 5) is 24.6. The lowest BCUT2D eigenvalue weighted by Gasteiger charge is -2.30. The number of sulfonamides is 1. The number of fused-ring (bicyclic) bond motifs is 1. The number of carbonyl (C=O) groups excluding carboxylic acids is 2. The van der Waals surface area contributed by atoms with Crippen LogP contribution in [0, 0.1) is 11.3 Å². The van der Waals surface area contributed by atoms with Crippen LogP contribution in [0.3, 0.4) is 0 Å². The van der Waals surface area contributed by atoms with Crippen molar-refractivity contribution >= 4 is 21.8 Å². The number of rotatable bonds is 8. The number of halogens is 4. The van der Waals surface area contributed by atoms with E-state index in [2.05, 4.69) is 10.6 Å². The average Bonchev–Trinajstić information content (AvgIpc) is 3.54. The molecule has 13 heteroatoms. The summed E-state index contributed by atoms with van der Waals surface area (Å²) in [5.41, 5.74) is -2.63. The van der Waals surface area contributed by atoms with Gasteiger partial charge in [-0.1, -0.05) is 30.3 Å². The number of hydrogen-bond donors (Lipinski definition) is 3. The summed E-state index contributed by atoms with van der Waals surface area (Å²) in [5, 5.41) is 13.9. The summed E-state index contributed by atoms with van der Waals surface area (Å²) >= 11 is 0. The summed E-state index contributed by atoms with van der Waals surface area (Å²) in [6, 6.07) is 7.10. The van der Waals surface area contributed by atoms with Crippen LogP contribution in [0.5, 0.6) is 0 Å². The molecule has 1 saturated carbocycles. The lowest BCUT2D eigenvalue weighted by molar-refractivity contribution is -0.161. The molecule has 1 heterocycles. The Morgan fingerprint density at radius 1 is 1.11 bits per heavy atom. The van der Waals surface area contributed by atoms with E-state index >= 15 is 0 Å². The first-order valence-corrected chi connectivity index (χ1v) is 13.1. The van der Waals surface area contributed by atoms with E-state index in [9.17, 15) is 40.8 Å². The van der Waals surface area contributed by atoms with E-state index in [4.69, 9.17) is 0 Å². The number of amides is 2. The van der Waals surface area contributed by atoms with Crippen LogP contribution in [0.4, 0.5) is 17.6 Å². The molecule has 0 radical (unpaired) electrons. The summed E-state index contributed by atoms with van der Waals surface area (Å²) in [5.74, 6) is -1.70. The van der Waals surface area contributed by atoms with Crippen LogP contribution in [0.25, 0.3) is 11.1 Å². The summed E-state index contributed by atoms with van der Waals surface area (Å²) in [6.45, 7) is 2.29. The Labute approximate surface area is 216 Å². The van der Waals surface area contributed by atoms with Crippen molar-refractivity contribution in [2.24, 2.45) is 0 Å². The zero-order valence-corrected chi connectivity index (χ0v) is 21.1. The molecule has 38 heavy (non-hydrogen) atoms. The second kappa shape index (κ2) is 9.36. The van der Waals surface area contributed by atoms with Gasteiger partial charge in [0.2, 0.25) is 5.91 Å². The molecule has 2 atom stereocenters. The van der Waals surface area contributed by atoms with E-state index in [0.29, 0.717) is 24.0 Å². The highest BCUT2D eigenvalue weighted by Crippen LogP contribution is 2.37. The molecule has 0 bridgehead atoms. The molecule has 202 valence electrons. The van der Waals surface area contributed by atoms with Gasteiger partial charge in [0.1, 0.15) is 22.1 Å². The zero-order chi connectivity index (χ0) is 28.1. The van der Waals surface area contributed by atoms with E-state index in [-0.39, 0.29) is 16.0 Å². The number of hydrogen-bond acceptors (Lipinski definition) is 6. The van der Waals surface area contributed by atoms with Gasteiger partial charge in [0.05, 0.1) is 17.7 Å². The number of nitriles is 1. The molecule has 4 rings (SSSR count). The molecule has 0 spiro atoms. The van der Waals surface area contributed by atoms with Gasteiger partial charge in [-0.2, -0.15) is 18.4 Å². The van der Waals surface area contributed by atoms with Crippen molar-refractivity contribution in [3.63, 3.8) is 0 Å². The van der Waals surface area contributed by atoms with Crippen molar-refractivity contribution in [2.75, 3.05) is 0 Å². The van der Waals surface area contributed by atoms with Gasteiger partial charge in [-0.3, -0.25) is 14.9 Å². The monoisotopic (exact) mass is 552 g/mol. The molecule has 1 aliphatic heterocycles. The molecule has 1 aliphatic carbocycles. The Balaban J connectivity index is 1.61. The maximum Gasteiger partial charge on any atom is 0.407 e. The fourth-order valence-electron chi connectivity index (χ4n) is 4.23. The number of alkyl halides is 4. The van der Waals surface area contributed by atoms with Gasteiger partial charge >= 0.3 is 6.18 Å². The van der Waals surface area contributed by atoms with Gasteiger partial charge in [0.15, 0.2) is 0 Å². The van der Waals surface area contributed by atoms with Gasteiger partial charge in [-0.25, -0.2) is 17.5 Å². The lowest BCUT2D eigenvalue weighted by Crippen LogP contribution is -2.53. The first kappa shape index (κ1) is 27.5. The molecule has 1 fully saturated rings. The Hall–Kier alpha value is -3.50. The molecule has 0 aromatic heterocycles. The number of carbonyl (C=O) groups is 2. The van der Waals surface area contributed by atoms with Crippen molar-refractivity contribution in [3.8, 4) is 17.2 Å². The predicted molar refractivity (Wildman–Crippen MR) is 128 cm³/mol. The van der Waals surface area contributed by atoms with Crippen molar-refractivity contribution in [3.05, 3.63) is 53.6 Å². The van der Waals surface area contributed by atoms with E-state index in [1.165, 1.54) is 42.5 Å². The quantitative estimate of drug-likeness (QED) is 0.429. The Morgan fingerprint density at radius 3 is 2.24 bits per heavy atom. The highest BCUT2D eigenvalue weighted by atomic mass is 32.2. The van der Waals surface area contributed by atoms with Crippen molar-refractivity contribution < 1.29 is 35.6 Å². The molecule has 0 unspecified atom stereocenters. The second-order valence-corrected chi connectivity index (χ2v) is 11.7. The summed E-state index contributed by atoms with van der Waals surface area (Å²) < 4.78 is 82.6. The Morgan fingerprint density at radius 2 is 1.71 bits per heavy atom. The molecule has 8 nitrogen and oxygen atoms in total. The van der Waals surface area contributed by atoms with Crippen LogP contribution >= 0.6 is 0 Å². The number of nitrogens with one attached hydrogen (secondary N) is 3. The first-order valence-electron chi connectivity index (χ1n) is 11.6. The van der Waals surface area contributed by atoms with E-state index < -0.39 is 57.7 Å². The average molecular weight is 553 g/mol. The van der Waals surface area contributed by atoms with Crippen LogP contribution in [0.2, 0.25) is 0 Å². The number of nitrogens with zero attached hydrogens (tertiary/aromatic N) is 1. The second-order valence-electron chi connectivity index (χ2n) is 10.1. The minimum Gasteiger partial charge on any atom is -0.336 e. The molecule has 0 saturated heterocycles. The first-order chi connectivity index (χ1) is 17.5. The Bertz CT molecular complexity index is 1420. The van der Waals surface area contributed by atoms with Gasteiger partial charge < -0.3 is 5.32 Å². The van der Waals surface area contributed by atoms with Crippen LogP contribution in [-0.4, -0.2) is 43.7 Å². The standard InChI is InChI=1S/C25H24F4N4O4S/c1-23(2,26)12-18(22(35)32-24(13-30)9-10-24)31-20(25(27,28)29)15-5-3-14(4-6-15)16-7-8-19-17(11-16)21(34)33-38(19,36)37/h3-8,11,18,20,31H,9-10,12H2,1-2H3,(H,32,35)(H,33,34)/t18-,20-/m0/s1. The zero-order valence-electron chi connectivity index (χ0n) is 20.3. The maximum atomic E-state index is 14.5. The van der Waals surface area contributed by atoms with Gasteiger partial charge in [0.25, 0.3) is 15.9 Å². The lowest BCUT2D eigenvalue weighted by atomic mass is 9.96. The summed E-state index contributed by atoms with van der Waals surface area (Å²) in [7, 11) is -3.94. The third-order valence-electron chi connectivity index (χ3n) is 6.35. The SMILES string of the molecule is CC(C)(F)C[C@H](N[C@@H](c1ccc(-c2ccc3c(c2)C(=O)NS3(=O)=O)cc1)C(F)(F)F)C(=O)NC1(C#N)CC1. The van der Waals surface area contributed by atoms with Gasteiger partial charge in [-0.05, 0) is 55.5 Å². The van der Waals surface area contributed by atoms with Crippen molar-refractivity contribution in [1.82, 2.24) is 15.4 Å². The fourth-order valence-corrected chi connectivity index (χ4v) is 5.38. The molecule has 3 N–H and O–H groups in total. The third-order valence-corrected chi connectivity index (χ3v) is 7.73. The molecule has 2 aromatic carbocycles. The van der Waals surface area contributed by atoms with E-state index in [0.717, 1.165) is 13.8 Å². The van der Waals surface area contributed by atoms with E-state index in [1.54, 1.807) is 0 Å². The molecule has 2 aromatic rings. The predicted octanol–water partition coefficient (Wildman–Crippen LogP) is 3.66. The van der Waals surface area contributed by atoms with Crippen LogP contribution in [-0.2, 0) is 14.8 Å². The minimum atomic E-state index is -4.85.